The summed E-state index contributed by atoms with van der Waals surface area (Å²) in [6.07, 6.45) is 0. The molecule has 0 aliphatic rings. The summed E-state index contributed by atoms with van der Waals surface area (Å²) in [4.78, 5) is 45.2. The van der Waals surface area contributed by atoms with Crippen molar-refractivity contribution in [2.24, 2.45) is 0 Å². The minimum atomic E-state index is 0.0451. The Labute approximate surface area is 797 Å². The van der Waals surface area contributed by atoms with Crippen LogP contribution in [0, 0.1) is 0 Å². The van der Waals surface area contributed by atoms with E-state index < -0.39 is 0 Å². The van der Waals surface area contributed by atoms with E-state index in [1.165, 1.54) is 146 Å². The number of nitrogens with zero attached hydrogens (tertiary/aromatic N) is 9. The zero-order valence-corrected chi connectivity index (χ0v) is 77.8. The van der Waals surface area contributed by atoms with Crippen molar-refractivity contribution in [2.75, 3.05) is 0 Å². The molecule has 6 aromatic heterocycles. The van der Waals surface area contributed by atoms with Crippen molar-refractivity contribution < 1.29 is 0 Å². The Morgan fingerprint density at radius 3 is 0.578 bits per heavy atom. The van der Waals surface area contributed by atoms with E-state index in [-0.39, 0.29) is 43.5 Å². The fraction of sp³-hybridized carbons (Fsp3) is 0. The molecule has 0 saturated carbocycles. The van der Waals surface area contributed by atoms with Gasteiger partial charge in [-0.3, -0.25) is 0 Å². The molecule has 0 saturated heterocycles. The van der Waals surface area contributed by atoms with Gasteiger partial charge in [-0.05, 0) is 0 Å². The number of aromatic nitrogens is 9. The first-order valence-corrected chi connectivity index (χ1v) is 50.2. The molecule has 135 heavy (non-hydrogen) atoms. The molecule has 9 nitrogen and oxygen atoms in total. The van der Waals surface area contributed by atoms with Crippen LogP contribution in [-0.2, 0) is 0 Å². The third-order valence-electron chi connectivity index (χ3n) is 25.1. The molecule has 0 radical (unpaired) electrons. The molecule has 632 valence electrons. The van der Waals surface area contributed by atoms with Gasteiger partial charge in [0.25, 0.3) is 0 Å². The van der Waals surface area contributed by atoms with E-state index in [1.54, 1.807) is 0 Å². The molecule has 0 fully saturated rings. The van der Waals surface area contributed by atoms with Gasteiger partial charge in [0, 0.05) is 0 Å². The Hall–Kier alpha value is -16.2. The standard InChI is InChI=1S/2C43H27N3Se.C37H23N3Se/c1-4-14-28(15-5-1)31-20-10-22-33-32(31)21-11-23-34(33)35-24-12-25-36-37-26-13-27-38(40(37)47-39(35)36)43-45-41(29-16-6-2-7-17-29)44-42(46-43)30-18-8-3-9-19-30;1-4-14-28(15-5-1)31-26-27-34(33-21-11-10-20-32(31)33)35-22-12-23-36-37-24-13-25-38(40(37)47-39(35)36)43-45-41(29-16-6-2-7-17-29)44-42(46-43)30-18-8-3-9-19-30;1-3-13-25(14-4-1)35-38-36(26-15-5-2-6-16-26)40-37(39-35)32-23-11-22-31-30-21-10-20-29(33(30)41-34(31)32)28-19-9-17-24-12-7-8-18-27(24)28/h2*1-27H;1-23H. The van der Waals surface area contributed by atoms with E-state index in [0.717, 1.165) is 55.9 Å². The van der Waals surface area contributed by atoms with Gasteiger partial charge in [0.1, 0.15) is 0 Å². The molecular formula is C123H77N9Se3. The van der Waals surface area contributed by atoms with Crippen molar-refractivity contribution in [3.8, 4) is 158 Å². The second-order valence-corrected chi connectivity index (χ2v) is 39.6. The molecule has 20 aromatic carbocycles. The number of hydrogen-bond acceptors (Lipinski definition) is 9. The van der Waals surface area contributed by atoms with E-state index in [2.05, 4.69) is 358 Å². The van der Waals surface area contributed by atoms with E-state index in [0.29, 0.717) is 46.6 Å². The van der Waals surface area contributed by atoms with Crippen LogP contribution in [0.3, 0.4) is 0 Å². The average Bonchev–Trinajstić information content (AvgIpc) is 1.63. The van der Waals surface area contributed by atoms with Crippen LogP contribution in [-0.4, -0.2) is 88.4 Å². The predicted molar refractivity (Wildman–Crippen MR) is 564 cm³/mol. The summed E-state index contributed by atoms with van der Waals surface area (Å²) in [5.41, 5.74) is 21.8. The molecule has 0 N–H and O–H groups in total. The summed E-state index contributed by atoms with van der Waals surface area (Å²) >= 11 is 0.175. The Morgan fingerprint density at radius 1 is 0.104 bits per heavy atom. The molecule has 6 heterocycles. The maximum atomic E-state index is 5.09. The van der Waals surface area contributed by atoms with E-state index >= 15 is 0 Å². The third-order valence-corrected chi connectivity index (χ3v) is 33.2. The first-order valence-electron chi connectivity index (χ1n) is 45.0. The van der Waals surface area contributed by atoms with Gasteiger partial charge < -0.3 is 0 Å². The molecule has 26 rings (SSSR count). The van der Waals surface area contributed by atoms with Crippen LogP contribution >= 0.6 is 0 Å². The molecular weight excluding hydrogens is 1840 g/mol. The number of hydrogen-bond donors (Lipinski definition) is 0. The fourth-order valence-electron chi connectivity index (χ4n) is 18.7. The van der Waals surface area contributed by atoms with Crippen molar-refractivity contribution in [1.29, 1.82) is 0 Å². The summed E-state index contributed by atoms with van der Waals surface area (Å²) in [5.74, 6) is 6.24. The first-order chi connectivity index (χ1) is 67.0. The second kappa shape index (κ2) is 36.1. The number of rotatable bonds is 14. The molecule has 0 amide bonds. The van der Waals surface area contributed by atoms with Crippen LogP contribution in [0.2, 0.25) is 0 Å². The zero-order valence-electron chi connectivity index (χ0n) is 72.7. The zero-order chi connectivity index (χ0) is 89.5. The average molecular weight is 1920 g/mol. The van der Waals surface area contributed by atoms with Crippen LogP contribution in [0.5, 0.6) is 0 Å². The van der Waals surface area contributed by atoms with Gasteiger partial charge in [-0.2, -0.15) is 0 Å². The quantitative estimate of drug-likeness (QED) is 0.0981. The Morgan fingerprint density at radius 2 is 0.274 bits per heavy atom. The first kappa shape index (κ1) is 82.0. The molecule has 0 aliphatic carbocycles. The van der Waals surface area contributed by atoms with E-state index in [1.807, 2.05) is 109 Å². The normalized spacial score (nSPS) is 11.4. The van der Waals surface area contributed by atoms with Gasteiger partial charge in [0.15, 0.2) is 0 Å². The minimum absolute atomic E-state index is 0.0451. The summed E-state index contributed by atoms with van der Waals surface area (Å²) < 4.78 is 8.18. The molecule has 0 unspecified atom stereocenters. The van der Waals surface area contributed by atoms with E-state index in [9.17, 15) is 0 Å². The predicted octanol–water partition coefficient (Wildman–Crippen LogP) is 30.5. The Balaban J connectivity index is 0.000000111. The van der Waals surface area contributed by atoms with Crippen molar-refractivity contribution in [1.82, 2.24) is 44.9 Å². The van der Waals surface area contributed by atoms with Gasteiger partial charge in [-0.1, -0.05) is 0 Å². The fourth-order valence-corrected chi connectivity index (χ4v) is 27.1. The molecule has 26 aromatic rings. The van der Waals surface area contributed by atoms with Gasteiger partial charge >= 0.3 is 804 Å². The SMILES string of the molecule is c1ccc(-c2nc(-c3ccccc3)nc(-c3cccc4c3[se]c3c(-c5ccc(-c6ccccc6)c6ccccc56)cccc34)n2)cc1.c1ccc(-c2nc(-c3ccccc3)nc(-c3cccc4c3[se]c3c(-c5cccc6c(-c7ccccc7)cccc56)cccc34)n2)cc1.c1ccc(-c2nc(-c3ccccc3)nc(-c3cccc4c3[se]c3c(-c5cccc6ccccc56)cccc34)n2)cc1. The van der Waals surface area contributed by atoms with Crippen molar-refractivity contribution in [3.63, 3.8) is 0 Å². The molecule has 0 bridgehead atoms. The van der Waals surface area contributed by atoms with Crippen LogP contribution in [0.4, 0.5) is 0 Å². The summed E-state index contributed by atoms with van der Waals surface area (Å²) in [6.45, 7) is 0. The summed E-state index contributed by atoms with van der Waals surface area (Å²) in [5, 5.41) is 15.4. The van der Waals surface area contributed by atoms with Crippen molar-refractivity contribution in [2.45, 2.75) is 0 Å². The van der Waals surface area contributed by atoms with Gasteiger partial charge in [-0.15, -0.1) is 0 Å². The van der Waals surface area contributed by atoms with Crippen LogP contribution in [0.25, 0.3) is 248 Å². The number of benzene rings is 20. The molecule has 0 atom stereocenters. The molecule has 0 aliphatic heterocycles. The van der Waals surface area contributed by atoms with E-state index in [4.69, 9.17) is 44.9 Å². The van der Waals surface area contributed by atoms with Crippen molar-refractivity contribution in [3.05, 3.63) is 467 Å². The van der Waals surface area contributed by atoms with Gasteiger partial charge in [0.2, 0.25) is 0 Å². The maximum absolute atomic E-state index is 5.09. The Bertz CT molecular complexity index is 8480. The monoisotopic (exact) mass is 1920 g/mol. The summed E-state index contributed by atoms with van der Waals surface area (Å²) in [7, 11) is 0. The van der Waals surface area contributed by atoms with Gasteiger partial charge in [-0.25, -0.2) is 0 Å². The Kier molecular flexibility index (Phi) is 21.9. The number of fused-ring (bicyclic) bond motifs is 12. The van der Waals surface area contributed by atoms with Crippen LogP contribution in [0.1, 0.15) is 0 Å². The summed E-state index contributed by atoms with van der Waals surface area (Å²) in [6, 6.07) is 164. The topological polar surface area (TPSA) is 116 Å². The third kappa shape index (κ3) is 15.7. The van der Waals surface area contributed by atoms with Crippen LogP contribution in [0.15, 0.2) is 467 Å². The van der Waals surface area contributed by atoms with Crippen molar-refractivity contribution >= 4 is 134 Å². The second-order valence-electron chi connectivity index (χ2n) is 33.2. The molecule has 12 heteroatoms. The van der Waals surface area contributed by atoms with Crippen LogP contribution < -0.4 is 0 Å². The molecule has 0 spiro atoms. The van der Waals surface area contributed by atoms with Gasteiger partial charge in [0.05, 0.1) is 0 Å².